The number of rotatable bonds is 4. The number of carbonyl (C=O) groups excluding carboxylic acids is 1. The van der Waals surface area contributed by atoms with Crippen LogP contribution in [-0.4, -0.2) is 59.6 Å². The number of thioether (sulfide) groups is 1. The fourth-order valence-electron chi connectivity index (χ4n) is 5.57. The van der Waals surface area contributed by atoms with E-state index in [0.29, 0.717) is 6.04 Å². The van der Waals surface area contributed by atoms with Gasteiger partial charge in [0.05, 0.1) is 6.04 Å². The molecule has 0 aromatic rings. The van der Waals surface area contributed by atoms with E-state index in [1.54, 1.807) is 0 Å². The fourth-order valence-corrected chi connectivity index (χ4v) is 6.47. The zero-order chi connectivity index (χ0) is 16.4. The van der Waals surface area contributed by atoms with Gasteiger partial charge in [-0.3, -0.25) is 9.69 Å². The molecular weight excluding hydrogens is 318 g/mol. The van der Waals surface area contributed by atoms with Crippen LogP contribution in [0.1, 0.15) is 57.8 Å². The number of nitrogens with zero attached hydrogens (tertiary/aromatic N) is 1. The molecule has 4 aliphatic rings. The number of hydrogen-bond donors (Lipinski definition) is 2. The Labute approximate surface area is 150 Å². The van der Waals surface area contributed by atoms with Crippen LogP contribution < -0.4 is 10.6 Å². The molecule has 2 heterocycles. The molecule has 4 nitrogen and oxygen atoms in total. The normalized spacial score (nSPS) is 36.4. The summed E-state index contributed by atoms with van der Waals surface area (Å²) in [7, 11) is 0. The smallest absolute Gasteiger partial charge is 0.237 e. The van der Waals surface area contributed by atoms with Gasteiger partial charge in [0, 0.05) is 42.7 Å². The third-order valence-corrected chi connectivity index (χ3v) is 7.93. The van der Waals surface area contributed by atoms with Gasteiger partial charge in [0.25, 0.3) is 0 Å². The third-order valence-electron chi connectivity index (χ3n) is 6.99. The molecule has 0 bridgehead atoms. The Morgan fingerprint density at radius 1 is 1.12 bits per heavy atom. The van der Waals surface area contributed by atoms with Gasteiger partial charge in [0.1, 0.15) is 0 Å². The molecule has 24 heavy (non-hydrogen) atoms. The van der Waals surface area contributed by atoms with Crippen LogP contribution in [-0.2, 0) is 4.79 Å². The van der Waals surface area contributed by atoms with Crippen LogP contribution in [0, 0.1) is 5.92 Å². The molecule has 1 amide bonds. The van der Waals surface area contributed by atoms with Gasteiger partial charge in [-0.15, -0.1) is 0 Å². The molecule has 3 unspecified atom stereocenters. The first-order chi connectivity index (χ1) is 11.8. The largest absolute Gasteiger partial charge is 0.353 e. The summed E-state index contributed by atoms with van der Waals surface area (Å²) in [5.41, 5.74) is 0.252. The molecule has 4 fully saturated rings. The zero-order valence-electron chi connectivity index (χ0n) is 14.9. The standard InChI is InChI=1S/C19H33N3OS/c23-18(17-13-15-5-1-2-6-16(15)21-17)20-14-19(7-3-4-8-19)22-9-11-24-12-10-22/h15-17,21H,1-14H2,(H,20,23). The average molecular weight is 352 g/mol. The van der Waals surface area contributed by atoms with Crippen molar-refractivity contribution in [3.05, 3.63) is 0 Å². The predicted molar refractivity (Wildman–Crippen MR) is 100 cm³/mol. The molecule has 136 valence electrons. The van der Waals surface area contributed by atoms with Crippen molar-refractivity contribution < 1.29 is 4.79 Å². The summed E-state index contributed by atoms with van der Waals surface area (Å²) in [5.74, 6) is 3.52. The summed E-state index contributed by atoms with van der Waals surface area (Å²) in [5, 5.41) is 7.00. The van der Waals surface area contributed by atoms with Crippen molar-refractivity contribution in [3.63, 3.8) is 0 Å². The second-order valence-corrected chi connectivity index (χ2v) is 9.58. The first-order valence-corrected chi connectivity index (χ1v) is 11.3. The van der Waals surface area contributed by atoms with Crippen molar-refractivity contribution in [2.24, 2.45) is 5.92 Å². The maximum Gasteiger partial charge on any atom is 0.237 e. The summed E-state index contributed by atoms with van der Waals surface area (Å²) < 4.78 is 0. The van der Waals surface area contributed by atoms with E-state index in [-0.39, 0.29) is 17.5 Å². The van der Waals surface area contributed by atoms with Gasteiger partial charge >= 0.3 is 0 Å². The third kappa shape index (κ3) is 3.49. The second-order valence-electron chi connectivity index (χ2n) is 8.35. The van der Waals surface area contributed by atoms with E-state index < -0.39 is 0 Å². The predicted octanol–water partition coefficient (Wildman–Crippen LogP) is 2.38. The van der Waals surface area contributed by atoms with Gasteiger partial charge in [-0.1, -0.05) is 25.7 Å². The van der Waals surface area contributed by atoms with E-state index in [4.69, 9.17) is 0 Å². The molecular formula is C19H33N3OS. The van der Waals surface area contributed by atoms with Crippen LogP contribution in [0.2, 0.25) is 0 Å². The summed E-state index contributed by atoms with van der Waals surface area (Å²) in [4.78, 5) is 15.5. The quantitative estimate of drug-likeness (QED) is 0.816. The Balaban J connectivity index is 1.33. The Morgan fingerprint density at radius 3 is 2.62 bits per heavy atom. The lowest BCUT2D eigenvalue weighted by molar-refractivity contribution is -0.123. The molecule has 0 aromatic heterocycles. The van der Waals surface area contributed by atoms with E-state index in [1.165, 1.54) is 76.0 Å². The van der Waals surface area contributed by atoms with Gasteiger partial charge in [-0.25, -0.2) is 0 Å². The highest BCUT2D eigenvalue weighted by atomic mass is 32.2. The highest BCUT2D eigenvalue weighted by Crippen LogP contribution is 2.37. The molecule has 3 atom stereocenters. The van der Waals surface area contributed by atoms with Crippen molar-refractivity contribution in [3.8, 4) is 0 Å². The van der Waals surface area contributed by atoms with Crippen LogP contribution in [0.15, 0.2) is 0 Å². The molecule has 5 heteroatoms. The molecule has 0 aromatic carbocycles. The van der Waals surface area contributed by atoms with Gasteiger partial charge in [0.2, 0.25) is 5.91 Å². The molecule has 2 saturated carbocycles. The summed E-state index contributed by atoms with van der Waals surface area (Å²) in [6.07, 6.45) is 11.5. The first kappa shape index (κ1) is 17.2. The molecule has 4 rings (SSSR count). The minimum atomic E-state index is 0.0634. The second kappa shape index (κ2) is 7.55. The highest BCUT2D eigenvalue weighted by molar-refractivity contribution is 7.99. The van der Waals surface area contributed by atoms with E-state index >= 15 is 0 Å². The van der Waals surface area contributed by atoms with Crippen LogP contribution in [0.4, 0.5) is 0 Å². The maximum atomic E-state index is 12.8. The Morgan fingerprint density at radius 2 is 1.88 bits per heavy atom. The number of hydrogen-bond acceptors (Lipinski definition) is 4. The minimum absolute atomic E-state index is 0.0634. The van der Waals surface area contributed by atoms with Crippen molar-refractivity contribution in [1.29, 1.82) is 0 Å². The topological polar surface area (TPSA) is 44.4 Å². The van der Waals surface area contributed by atoms with Crippen LogP contribution >= 0.6 is 11.8 Å². The summed E-state index contributed by atoms with van der Waals surface area (Å²) in [6.45, 7) is 3.27. The number of fused-ring (bicyclic) bond motifs is 1. The van der Waals surface area contributed by atoms with Gasteiger partial charge < -0.3 is 10.6 Å². The van der Waals surface area contributed by atoms with E-state index in [9.17, 15) is 4.79 Å². The van der Waals surface area contributed by atoms with E-state index in [2.05, 4.69) is 27.3 Å². The lowest BCUT2D eigenvalue weighted by Gasteiger charge is -2.43. The van der Waals surface area contributed by atoms with Crippen molar-refractivity contribution >= 4 is 17.7 Å². The average Bonchev–Trinajstić information content (AvgIpc) is 3.28. The maximum absolute atomic E-state index is 12.8. The first-order valence-electron chi connectivity index (χ1n) is 10.1. The molecule has 0 radical (unpaired) electrons. The Bertz CT molecular complexity index is 432. The number of amides is 1. The lowest BCUT2D eigenvalue weighted by atomic mass is 9.85. The zero-order valence-corrected chi connectivity index (χ0v) is 15.7. The van der Waals surface area contributed by atoms with E-state index in [0.717, 1.165) is 18.9 Å². The fraction of sp³-hybridized carbons (Fsp3) is 0.947. The van der Waals surface area contributed by atoms with E-state index in [1.807, 2.05) is 0 Å². The van der Waals surface area contributed by atoms with Gasteiger partial charge in [-0.05, 0) is 38.0 Å². The minimum Gasteiger partial charge on any atom is -0.353 e. The summed E-state index contributed by atoms with van der Waals surface area (Å²) in [6, 6.07) is 0.669. The molecule has 2 aliphatic heterocycles. The number of carbonyl (C=O) groups is 1. The Kier molecular flexibility index (Phi) is 5.40. The highest BCUT2D eigenvalue weighted by Gasteiger charge is 2.42. The van der Waals surface area contributed by atoms with Crippen LogP contribution in [0.5, 0.6) is 0 Å². The molecule has 2 aliphatic carbocycles. The van der Waals surface area contributed by atoms with Crippen molar-refractivity contribution in [2.45, 2.75) is 75.4 Å². The molecule has 2 N–H and O–H groups in total. The lowest BCUT2D eigenvalue weighted by Crippen LogP contribution is -2.57. The SMILES string of the molecule is O=C(NCC1(N2CCSCC2)CCCC1)C1CC2CCCCC2N1. The summed E-state index contributed by atoms with van der Waals surface area (Å²) >= 11 is 2.07. The van der Waals surface area contributed by atoms with Gasteiger partial charge in [0.15, 0.2) is 0 Å². The Hall–Kier alpha value is -0.260. The van der Waals surface area contributed by atoms with Crippen molar-refractivity contribution in [2.75, 3.05) is 31.1 Å². The van der Waals surface area contributed by atoms with Crippen LogP contribution in [0.3, 0.4) is 0 Å². The van der Waals surface area contributed by atoms with Gasteiger partial charge in [-0.2, -0.15) is 11.8 Å². The monoisotopic (exact) mass is 351 g/mol. The molecule has 2 saturated heterocycles. The van der Waals surface area contributed by atoms with Crippen LogP contribution in [0.25, 0.3) is 0 Å². The number of nitrogens with one attached hydrogen (secondary N) is 2. The molecule has 0 spiro atoms. The van der Waals surface area contributed by atoms with Crippen molar-refractivity contribution in [1.82, 2.24) is 15.5 Å².